The van der Waals surface area contributed by atoms with Crippen molar-refractivity contribution < 1.29 is 4.79 Å². The van der Waals surface area contributed by atoms with Crippen LogP contribution in [0.3, 0.4) is 0 Å². The summed E-state index contributed by atoms with van der Waals surface area (Å²) in [7, 11) is 2.09. The number of hydrogen-bond donors (Lipinski definition) is 2. The lowest BCUT2D eigenvalue weighted by Gasteiger charge is -2.33. The third-order valence-corrected chi connectivity index (χ3v) is 4.71. The van der Waals surface area contributed by atoms with Gasteiger partial charge in [-0.3, -0.25) is 15.1 Å². The van der Waals surface area contributed by atoms with Crippen molar-refractivity contribution in [1.82, 2.24) is 20.0 Å². The average molecular weight is 291 g/mol. The molecule has 0 saturated carbocycles. The summed E-state index contributed by atoms with van der Waals surface area (Å²) in [4.78, 5) is 18.6. The lowest BCUT2D eigenvalue weighted by atomic mass is 10.1. The number of nitrogens with one attached hydrogen (secondary N) is 2. The number of rotatable bonds is 3. The summed E-state index contributed by atoms with van der Waals surface area (Å²) in [5, 5.41) is 11.1. The second kappa shape index (κ2) is 6.15. The van der Waals surface area contributed by atoms with Gasteiger partial charge in [0.2, 0.25) is 5.91 Å². The van der Waals surface area contributed by atoms with Gasteiger partial charge in [0.15, 0.2) is 0 Å². The average Bonchev–Trinajstić information content (AvgIpc) is 3.24. The van der Waals surface area contributed by atoms with Crippen LogP contribution in [-0.2, 0) is 4.79 Å². The van der Waals surface area contributed by atoms with Crippen LogP contribution in [0.1, 0.15) is 12.8 Å². The Morgan fingerprint density at radius 3 is 2.62 bits per heavy atom. The molecule has 0 aliphatic carbocycles. The quantitative estimate of drug-likeness (QED) is 0.325. The van der Waals surface area contributed by atoms with E-state index in [0.29, 0.717) is 5.84 Å². The minimum Gasteiger partial charge on any atom is -0.355 e. The van der Waals surface area contributed by atoms with Crippen LogP contribution in [0.25, 0.3) is 0 Å². The van der Waals surface area contributed by atoms with Crippen molar-refractivity contribution in [3.63, 3.8) is 0 Å². The topological polar surface area (TPSA) is 62.4 Å². The fourth-order valence-corrected chi connectivity index (χ4v) is 3.16. The summed E-state index contributed by atoms with van der Waals surface area (Å²) in [6.45, 7) is 5.86. The Morgan fingerprint density at radius 2 is 1.90 bits per heavy atom. The van der Waals surface area contributed by atoms with Crippen molar-refractivity contribution in [2.75, 3.05) is 46.3 Å². The molecule has 6 heteroatoms. The van der Waals surface area contributed by atoms with E-state index >= 15 is 0 Å². The van der Waals surface area contributed by atoms with Crippen molar-refractivity contribution in [2.24, 2.45) is 0 Å². The molecule has 3 aliphatic heterocycles. The summed E-state index contributed by atoms with van der Waals surface area (Å²) in [5.41, 5.74) is 0. The van der Waals surface area contributed by atoms with Crippen LogP contribution < -0.4 is 5.32 Å². The zero-order valence-corrected chi connectivity index (χ0v) is 12.7. The number of piperidine rings is 1. The maximum atomic E-state index is 11.9. The van der Waals surface area contributed by atoms with Crippen LogP contribution in [-0.4, -0.2) is 84.8 Å². The molecule has 0 spiro atoms. The Labute approximate surface area is 126 Å². The number of nitrogens with zero attached hydrogens (tertiary/aromatic N) is 3. The number of likely N-dealkylation sites (N-methyl/N-ethyl adjacent to an activating group) is 1. The smallest absolute Gasteiger partial charge is 0.244 e. The standard InChI is InChI=1S/C15H25N5O/c1-18-6-8-19(9-7-18)14(16)4-5-15(21)17-12-2-3-13-11-20(13)10-12/h4-5,12-13,16H,2-3,6-11H2,1H3,(H,17,21)/b5-4-,16-14?. The van der Waals surface area contributed by atoms with Gasteiger partial charge in [-0.1, -0.05) is 0 Å². The summed E-state index contributed by atoms with van der Waals surface area (Å²) in [5.74, 6) is 0.368. The largest absolute Gasteiger partial charge is 0.355 e. The molecule has 0 bridgehead atoms. The minimum absolute atomic E-state index is 0.0702. The molecular formula is C15H25N5O. The molecule has 3 heterocycles. The van der Waals surface area contributed by atoms with Crippen molar-refractivity contribution in [1.29, 1.82) is 5.41 Å². The van der Waals surface area contributed by atoms with Crippen LogP contribution in [0, 0.1) is 5.41 Å². The molecule has 2 N–H and O–H groups in total. The van der Waals surface area contributed by atoms with Gasteiger partial charge in [-0.15, -0.1) is 0 Å². The first kappa shape index (κ1) is 14.5. The first-order valence-corrected chi connectivity index (χ1v) is 7.86. The third-order valence-electron chi connectivity index (χ3n) is 4.71. The molecule has 0 aromatic heterocycles. The SMILES string of the molecule is CN1CCN(C(=N)/C=C\C(=O)NC2CCC3CN3C2)CC1. The van der Waals surface area contributed by atoms with Gasteiger partial charge in [0, 0.05) is 57.4 Å². The van der Waals surface area contributed by atoms with Crippen molar-refractivity contribution >= 4 is 11.7 Å². The summed E-state index contributed by atoms with van der Waals surface area (Å²) in [6, 6.07) is 1.07. The maximum Gasteiger partial charge on any atom is 0.244 e. The minimum atomic E-state index is -0.0702. The predicted molar refractivity (Wildman–Crippen MR) is 82.5 cm³/mol. The number of piperazine rings is 1. The van der Waals surface area contributed by atoms with Crippen molar-refractivity contribution in [3.8, 4) is 0 Å². The number of carbonyl (C=O) groups is 1. The number of hydrogen-bond acceptors (Lipinski definition) is 4. The molecule has 0 radical (unpaired) electrons. The lowest BCUT2D eigenvalue weighted by Crippen LogP contribution is -2.46. The van der Waals surface area contributed by atoms with Crippen LogP contribution in [0.2, 0.25) is 0 Å². The van der Waals surface area contributed by atoms with Gasteiger partial charge < -0.3 is 15.1 Å². The van der Waals surface area contributed by atoms with Gasteiger partial charge in [0.1, 0.15) is 5.84 Å². The molecule has 3 unspecified atom stereocenters. The molecule has 3 rings (SSSR count). The molecule has 0 aromatic carbocycles. The monoisotopic (exact) mass is 291 g/mol. The van der Waals surface area contributed by atoms with E-state index in [1.54, 1.807) is 6.08 Å². The van der Waals surface area contributed by atoms with E-state index in [2.05, 4.69) is 22.2 Å². The molecule has 0 aromatic rings. The molecule has 3 aliphatic rings. The van der Waals surface area contributed by atoms with E-state index in [-0.39, 0.29) is 11.9 Å². The van der Waals surface area contributed by atoms with Gasteiger partial charge in [0.05, 0.1) is 0 Å². The third kappa shape index (κ3) is 3.83. The zero-order valence-electron chi connectivity index (χ0n) is 12.7. The molecular weight excluding hydrogens is 266 g/mol. The second-order valence-electron chi connectivity index (χ2n) is 6.40. The maximum absolute atomic E-state index is 11.9. The van der Waals surface area contributed by atoms with Gasteiger partial charge in [-0.2, -0.15) is 0 Å². The molecule has 3 saturated heterocycles. The van der Waals surface area contributed by atoms with E-state index in [0.717, 1.165) is 45.2 Å². The fraction of sp³-hybridized carbons (Fsp3) is 0.733. The van der Waals surface area contributed by atoms with Crippen LogP contribution in [0.4, 0.5) is 0 Å². The van der Waals surface area contributed by atoms with Crippen molar-refractivity contribution in [2.45, 2.75) is 24.9 Å². The molecule has 21 heavy (non-hydrogen) atoms. The van der Waals surface area contributed by atoms with Gasteiger partial charge in [0.25, 0.3) is 0 Å². The molecule has 1 amide bonds. The highest BCUT2D eigenvalue weighted by atomic mass is 16.1. The first-order chi connectivity index (χ1) is 10.1. The normalized spacial score (nSPS) is 32.8. The highest BCUT2D eigenvalue weighted by molar-refractivity contribution is 5.98. The van der Waals surface area contributed by atoms with E-state index in [4.69, 9.17) is 5.41 Å². The van der Waals surface area contributed by atoms with Gasteiger partial charge >= 0.3 is 0 Å². The second-order valence-corrected chi connectivity index (χ2v) is 6.40. The molecule has 116 valence electrons. The Hall–Kier alpha value is -1.40. The Kier molecular flexibility index (Phi) is 4.26. The van der Waals surface area contributed by atoms with Crippen LogP contribution >= 0.6 is 0 Å². The van der Waals surface area contributed by atoms with Crippen molar-refractivity contribution in [3.05, 3.63) is 12.2 Å². The lowest BCUT2D eigenvalue weighted by molar-refractivity contribution is -0.117. The highest BCUT2D eigenvalue weighted by Crippen LogP contribution is 2.28. The van der Waals surface area contributed by atoms with Gasteiger partial charge in [-0.25, -0.2) is 0 Å². The summed E-state index contributed by atoms with van der Waals surface area (Å²) in [6.07, 6.45) is 5.42. The predicted octanol–water partition coefficient (Wildman–Crippen LogP) is -0.270. The van der Waals surface area contributed by atoms with Crippen LogP contribution in [0.5, 0.6) is 0 Å². The Balaban J connectivity index is 1.42. The van der Waals surface area contributed by atoms with E-state index in [1.807, 2.05) is 4.90 Å². The number of amides is 1. The number of amidine groups is 1. The van der Waals surface area contributed by atoms with E-state index in [9.17, 15) is 4.79 Å². The number of fused-ring (bicyclic) bond motifs is 1. The molecule has 3 fully saturated rings. The molecule has 3 atom stereocenters. The highest BCUT2D eigenvalue weighted by Gasteiger charge is 2.39. The first-order valence-electron chi connectivity index (χ1n) is 7.86. The van der Waals surface area contributed by atoms with Gasteiger partial charge in [-0.05, 0) is 26.0 Å². The Bertz CT molecular complexity index is 441. The summed E-state index contributed by atoms with van der Waals surface area (Å²) < 4.78 is 0. The van der Waals surface area contributed by atoms with E-state index < -0.39 is 0 Å². The van der Waals surface area contributed by atoms with E-state index in [1.165, 1.54) is 19.0 Å². The summed E-state index contributed by atoms with van der Waals surface area (Å²) >= 11 is 0. The number of carbonyl (C=O) groups excluding carboxylic acids is 1. The zero-order chi connectivity index (χ0) is 14.8. The fourth-order valence-electron chi connectivity index (χ4n) is 3.16. The Morgan fingerprint density at radius 1 is 1.14 bits per heavy atom. The van der Waals surface area contributed by atoms with Crippen LogP contribution in [0.15, 0.2) is 12.2 Å². The molecule has 6 nitrogen and oxygen atoms in total.